The zero-order chi connectivity index (χ0) is 14.8. The van der Waals surface area contributed by atoms with Crippen LogP contribution in [-0.4, -0.2) is 19.3 Å². The van der Waals surface area contributed by atoms with Crippen LogP contribution in [0.25, 0.3) is 0 Å². The number of nitrogens with one attached hydrogen (secondary N) is 1. The average molecular weight is 287 g/mol. The van der Waals surface area contributed by atoms with Crippen molar-refractivity contribution < 1.29 is 17.9 Å². The van der Waals surface area contributed by atoms with Crippen molar-refractivity contribution >= 4 is 0 Å². The number of rotatable bonds is 3. The van der Waals surface area contributed by atoms with Crippen LogP contribution in [0.1, 0.15) is 43.4 Å². The van der Waals surface area contributed by atoms with Gasteiger partial charge < -0.3 is 10.1 Å². The van der Waals surface area contributed by atoms with Gasteiger partial charge in [-0.15, -0.1) is 0 Å². The molecule has 0 aromatic heterocycles. The van der Waals surface area contributed by atoms with Gasteiger partial charge in [-0.1, -0.05) is 18.2 Å². The highest BCUT2D eigenvalue weighted by atomic mass is 19.4. The van der Waals surface area contributed by atoms with Crippen LogP contribution in [-0.2, 0) is 10.9 Å². The maximum atomic E-state index is 13.2. The lowest BCUT2D eigenvalue weighted by Crippen LogP contribution is -2.45. The number of alkyl halides is 3. The summed E-state index contributed by atoms with van der Waals surface area (Å²) in [6.45, 7) is 2.49. The summed E-state index contributed by atoms with van der Waals surface area (Å²) in [5.74, 6) is 0. The van der Waals surface area contributed by atoms with Crippen LogP contribution >= 0.6 is 0 Å². The van der Waals surface area contributed by atoms with E-state index in [0.717, 1.165) is 25.3 Å². The summed E-state index contributed by atoms with van der Waals surface area (Å²) in [6, 6.07) is 5.25. The number of hydrogen-bond acceptors (Lipinski definition) is 2. The first-order valence-corrected chi connectivity index (χ1v) is 6.86. The van der Waals surface area contributed by atoms with Crippen molar-refractivity contribution in [1.29, 1.82) is 0 Å². The van der Waals surface area contributed by atoms with E-state index in [9.17, 15) is 13.2 Å². The van der Waals surface area contributed by atoms with Crippen LogP contribution in [0.15, 0.2) is 24.3 Å². The lowest BCUT2D eigenvalue weighted by molar-refractivity contribution is -0.140. The van der Waals surface area contributed by atoms with Crippen LogP contribution in [0.2, 0.25) is 0 Å². The van der Waals surface area contributed by atoms with E-state index in [1.54, 1.807) is 13.1 Å². The van der Waals surface area contributed by atoms with Gasteiger partial charge >= 0.3 is 6.18 Å². The van der Waals surface area contributed by atoms with Crippen molar-refractivity contribution in [2.24, 2.45) is 0 Å². The number of ether oxygens (including phenoxy) is 1. The zero-order valence-corrected chi connectivity index (χ0v) is 11.8. The van der Waals surface area contributed by atoms with Gasteiger partial charge in [0, 0.05) is 6.61 Å². The van der Waals surface area contributed by atoms with Gasteiger partial charge in [0.15, 0.2) is 0 Å². The summed E-state index contributed by atoms with van der Waals surface area (Å²) in [6.07, 6.45) is -1.66. The molecule has 5 heteroatoms. The fraction of sp³-hybridized carbons (Fsp3) is 0.600. The highest BCUT2D eigenvalue weighted by Gasteiger charge is 2.42. The van der Waals surface area contributed by atoms with Crippen molar-refractivity contribution in [2.45, 2.75) is 44.0 Å². The third-order valence-corrected chi connectivity index (χ3v) is 3.98. The van der Waals surface area contributed by atoms with E-state index in [1.807, 2.05) is 6.92 Å². The molecule has 1 aliphatic rings. The van der Waals surface area contributed by atoms with Gasteiger partial charge in [-0.25, -0.2) is 0 Å². The fourth-order valence-corrected chi connectivity index (χ4v) is 2.98. The number of benzene rings is 1. The van der Waals surface area contributed by atoms with Crippen molar-refractivity contribution in [3.63, 3.8) is 0 Å². The average Bonchev–Trinajstić information content (AvgIpc) is 2.39. The Bertz CT molecular complexity index is 453. The summed E-state index contributed by atoms with van der Waals surface area (Å²) in [5.41, 5.74) is -0.935. The zero-order valence-electron chi connectivity index (χ0n) is 11.8. The Morgan fingerprint density at radius 3 is 2.50 bits per heavy atom. The first-order valence-electron chi connectivity index (χ1n) is 6.86. The molecule has 0 spiro atoms. The Morgan fingerprint density at radius 2 is 1.95 bits per heavy atom. The highest BCUT2D eigenvalue weighted by Crippen LogP contribution is 2.41. The standard InChI is InChI=1S/C15H20F3NO/c1-14(9-5-6-10-20-14)13(19-2)11-7-3-4-8-12(11)15(16,17)18/h3-4,7-8,13,19H,5-6,9-10H2,1-2H3. The molecule has 1 aliphatic heterocycles. The van der Waals surface area contributed by atoms with E-state index in [0.29, 0.717) is 6.61 Å². The van der Waals surface area contributed by atoms with Crippen molar-refractivity contribution in [1.82, 2.24) is 5.32 Å². The van der Waals surface area contributed by atoms with Crippen LogP contribution in [0.3, 0.4) is 0 Å². The number of halogens is 3. The number of likely N-dealkylation sites (N-methyl/N-ethyl adjacent to an activating group) is 1. The molecule has 1 aromatic carbocycles. The molecule has 0 amide bonds. The predicted molar refractivity (Wildman–Crippen MR) is 71.5 cm³/mol. The molecule has 20 heavy (non-hydrogen) atoms. The lowest BCUT2D eigenvalue weighted by Gasteiger charge is -2.41. The number of hydrogen-bond donors (Lipinski definition) is 1. The molecule has 0 aliphatic carbocycles. The van der Waals surface area contributed by atoms with E-state index in [1.165, 1.54) is 12.1 Å². The van der Waals surface area contributed by atoms with Gasteiger partial charge in [-0.2, -0.15) is 13.2 Å². The molecule has 2 rings (SSSR count). The lowest BCUT2D eigenvalue weighted by atomic mass is 9.82. The topological polar surface area (TPSA) is 21.3 Å². The summed E-state index contributed by atoms with van der Waals surface area (Å²) in [4.78, 5) is 0. The van der Waals surface area contributed by atoms with Crippen molar-refractivity contribution in [3.05, 3.63) is 35.4 Å². The third-order valence-electron chi connectivity index (χ3n) is 3.98. The molecule has 1 fully saturated rings. The van der Waals surface area contributed by atoms with Gasteiger partial charge in [0.25, 0.3) is 0 Å². The van der Waals surface area contributed by atoms with Gasteiger partial charge in [0.05, 0.1) is 17.2 Å². The second-order valence-corrected chi connectivity index (χ2v) is 5.42. The maximum Gasteiger partial charge on any atom is 0.416 e. The van der Waals surface area contributed by atoms with E-state index >= 15 is 0 Å². The second kappa shape index (κ2) is 5.74. The van der Waals surface area contributed by atoms with Gasteiger partial charge in [0.1, 0.15) is 0 Å². The Morgan fingerprint density at radius 1 is 1.25 bits per heavy atom. The molecule has 112 valence electrons. The molecule has 2 atom stereocenters. The SMILES string of the molecule is CNC(c1ccccc1C(F)(F)F)C1(C)CCCCO1. The molecule has 1 aromatic rings. The summed E-state index contributed by atoms with van der Waals surface area (Å²) in [7, 11) is 1.68. The Kier molecular flexibility index (Phi) is 4.39. The quantitative estimate of drug-likeness (QED) is 0.909. The Hall–Kier alpha value is -1.07. The molecular formula is C15H20F3NO. The monoisotopic (exact) mass is 287 g/mol. The Labute approximate surface area is 117 Å². The van der Waals surface area contributed by atoms with Gasteiger partial charge in [0.2, 0.25) is 0 Å². The van der Waals surface area contributed by atoms with E-state index in [2.05, 4.69) is 5.32 Å². The van der Waals surface area contributed by atoms with Gasteiger partial charge in [-0.3, -0.25) is 0 Å². The van der Waals surface area contributed by atoms with Crippen molar-refractivity contribution in [3.8, 4) is 0 Å². The van der Waals surface area contributed by atoms with Crippen molar-refractivity contribution in [2.75, 3.05) is 13.7 Å². The molecule has 0 bridgehead atoms. The minimum absolute atomic E-state index is 0.256. The second-order valence-electron chi connectivity index (χ2n) is 5.42. The first kappa shape index (κ1) is 15.3. The molecule has 0 saturated carbocycles. The molecule has 1 saturated heterocycles. The third kappa shape index (κ3) is 2.99. The highest BCUT2D eigenvalue weighted by molar-refractivity contribution is 5.34. The summed E-state index contributed by atoms with van der Waals surface area (Å²) < 4.78 is 45.3. The maximum absolute atomic E-state index is 13.2. The fourth-order valence-electron chi connectivity index (χ4n) is 2.98. The van der Waals surface area contributed by atoms with E-state index in [4.69, 9.17) is 4.74 Å². The van der Waals surface area contributed by atoms with Crippen LogP contribution in [0, 0.1) is 0 Å². The van der Waals surface area contributed by atoms with E-state index < -0.39 is 23.4 Å². The normalized spacial score (nSPS) is 25.4. The molecule has 2 nitrogen and oxygen atoms in total. The minimum atomic E-state index is -4.35. The minimum Gasteiger partial charge on any atom is -0.373 e. The van der Waals surface area contributed by atoms with Crippen LogP contribution in [0.4, 0.5) is 13.2 Å². The summed E-state index contributed by atoms with van der Waals surface area (Å²) in [5, 5.41) is 3.02. The summed E-state index contributed by atoms with van der Waals surface area (Å²) >= 11 is 0. The van der Waals surface area contributed by atoms with E-state index in [-0.39, 0.29) is 5.56 Å². The first-order chi connectivity index (χ1) is 9.38. The molecular weight excluding hydrogens is 267 g/mol. The Balaban J connectivity index is 2.42. The van der Waals surface area contributed by atoms with Crippen LogP contribution in [0.5, 0.6) is 0 Å². The smallest absolute Gasteiger partial charge is 0.373 e. The predicted octanol–water partition coefficient (Wildman–Crippen LogP) is 3.93. The van der Waals surface area contributed by atoms with Crippen LogP contribution < -0.4 is 5.32 Å². The molecule has 2 unspecified atom stereocenters. The largest absolute Gasteiger partial charge is 0.416 e. The molecule has 1 N–H and O–H groups in total. The molecule has 1 heterocycles. The van der Waals surface area contributed by atoms with Gasteiger partial charge in [-0.05, 0) is 44.9 Å². The molecule has 0 radical (unpaired) electrons.